The summed E-state index contributed by atoms with van der Waals surface area (Å²) in [6.07, 6.45) is 0.978. The third kappa shape index (κ3) is 5.30. The SMILES string of the molecule is C[C@@H]1C[C@@H](C)CN(S(=O)(=O)c2ccc3c(c2)N(CC(=O)N[C@@H](C)c2ccc4c(c2)OCCO4)C(=O)CO3)C1. The molecule has 10 nitrogen and oxygen atoms in total. The van der Waals surface area contributed by atoms with Crippen molar-refractivity contribution in [3.05, 3.63) is 42.0 Å². The Balaban J connectivity index is 1.33. The second kappa shape index (κ2) is 10.5. The minimum Gasteiger partial charge on any atom is -0.486 e. The van der Waals surface area contributed by atoms with E-state index in [4.69, 9.17) is 14.2 Å². The number of hydrogen-bond donors (Lipinski definition) is 1. The molecule has 0 aromatic heterocycles. The van der Waals surface area contributed by atoms with Crippen molar-refractivity contribution >= 4 is 27.5 Å². The normalized spacial score (nSPS) is 22.3. The summed E-state index contributed by atoms with van der Waals surface area (Å²) in [4.78, 5) is 27.2. The maximum absolute atomic E-state index is 13.5. The third-order valence-electron chi connectivity index (χ3n) is 7.09. The summed E-state index contributed by atoms with van der Waals surface area (Å²) in [5.41, 5.74) is 1.09. The summed E-state index contributed by atoms with van der Waals surface area (Å²) in [5, 5.41) is 2.91. The van der Waals surface area contributed by atoms with Crippen LogP contribution in [-0.4, -0.2) is 64.0 Å². The van der Waals surface area contributed by atoms with Gasteiger partial charge in [0.25, 0.3) is 5.91 Å². The third-order valence-corrected chi connectivity index (χ3v) is 8.92. The number of fused-ring (bicyclic) bond motifs is 2. The molecule has 1 fully saturated rings. The van der Waals surface area contributed by atoms with Crippen LogP contribution in [0.25, 0.3) is 0 Å². The molecular weight excluding hydrogens is 510 g/mol. The molecule has 11 heteroatoms. The molecule has 2 amide bonds. The molecular formula is C27H33N3O7S. The second-order valence-corrected chi connectivity index (χ2v) is 12.3. The van der Waals surface area contributed by atoms with Gasteiger partial charge in [0.05, 0.1) is 16.6 Å². The number of carbonyl (C=O) groups is 2. The molecule has 1 N–H and O–H groups in total. The first kappa shape index (κ1) is 26.3. The maximum Gasteiger partial charge on any atom is 0.265 e. The van der Waals surface area contributed by atoms with Crippen LogP contribution in [0.4, 0.5) is 5.69 Å². The Kier molecular flexibility index (Phi) is 7.23. The Labute approximate surface area is 222 Å². The van der Waals surface area contributed by atoms with E-state index in [0.29, 0.717) is 43.6 Å². The Morgan fingerprint density at radius 3 is 2.42 bits per heavy atom. The number of carbonyl (C=O) groups excluding carboxylic acids is 2. The topological polar surface area (TPSA) is 114 Å². The van der Waals surface area contributed by atoms with E-state index >= 15 is 0 Å². The van der Waals surface area contributed by atoms with E-state index < -0.39 is 15.9 Å². The molecule has 3 aliphatic heterocycles. The number of amides is 2. The van der Waals surface area contributed by atoms with Gasteiger partial charge >= 0.3 is 0 Å². The van der Waals surface area contributed by atoms with Crippen LogP contribution < -0.4 is 24.4 Å². The number of piperidine rings is 1. The molecule has 0 aliphatic carbocycles. The number of nitrogens with one attached hydrogen (secondary N) is 1. The van der Waals surface area contributed by atoms with Crippen LogP contribution in [0.5, 0.6) is 17.2 Å². The number of hydrogen-bond acceptors (Lipinski definition) is 7. The van der Waals surface area contributed by atoms with Crippen molar-refractivity contribution in [3.63, 3.8) is 0 Å². The fourth-order valence-electron chi connectivity index (χ4n) is 5.31. The number of benzene rings is 2. The van der Waals surface area contributed by atoms with Gasteiger partial charge in [-0.15, -0.1) is 0 Å². The van der Waals surface area contributed by atoms with Gasteiger partial charge in [-0.1, -0.05) is 19.9 Å². The lowest BCUT2D eigenvalue weighted by atomic mass is 9.94. The lowest BCUT2D eigenvalue weighted by Crippen LogP contribution is -2.46. The summed E-state index contributed by atoms with van der Waals surface area (Å²) < 4.78 is 45.2. The highest BCUT2D eigenvalue weighted by atomic mass is 32.2. The molecule has 38 heavy (non-hydrogen) atoms. The van der Waals surface area contributed by atoms with E-state index in [2.05, 4.69) is 5.32 Å². The van der Waals surface area contributed by atoms with E-state index in [0.717, 1.165) is 12.0 Å². The number of sulfonamides is 1. The Morgan fingerprint density at radius 2 is 1.68 bits per heavy atom. The van der Waals surface area contributed by atoms with Gasteiger partial charge in [-0.2, -0.15) is 4.31 Å². The molecule has 204 valence electrons. The highest BCUT2D eigenvalue weighted by molar-refractivity contribution is 7.89. The number of rotatable bonds is 6. The molecule has 0 unspecified atom stereocenters. The van der Waals surface area contributed by atoms with Gasteiger partial charge in [0.1, 0.15) is 25.5 Å². The predicted molar refractivity (Wildman–Crippen MR) is 140 cm³/mol. The molecule has 2 aromatic carbocycles. The van der Waals surface area contributed by atoms with Crippen LogP contribution in [0.15, 0.2) is 41.3 Å². The fourth-order valence-corrected chi connectivity index (χ4v) is 7.01. The fraction of sp³-hybridized carbons (Fsp3) is 0.481. The van der Waals surface area contributed by atoms with Gasteiger partial charge in [-0.25, -0.2) is 8.42 Å². The monoisotopic (exact) mass is 543 g/mol. The zero-order chi connectivity index (χ0) is 27.0. The zero-order valence-electron chi connectivity index (χ0n) is 21.8. The van der Waals surface area contributed by atoms with Crippen molar-refractivity contribution in [3.8, 4) is 17.2 Å². The summed E-state index contributed by atoms with van der Waals surface area (Å²) in [6, 6.07) is 9.61. The first-order valence-corrected chi connectivity index (χ1v) is 14.3. The maximum atomic E-state index is 13.5. The van der Waals surface area contributed by atoms with Crippen LogP contribution in [0, 0.1) is 11.8 Å². The molecule has 3 heterocycles. The predicted octanol–water partition coefficient (Wildman–Crippen LogP) is 2.73. The summed E-state index contributed by atoms with van der Waals surface area (Å²) in [5.74, 6) is 1.35. The van der Waals surface area contributed by atoms with E-state index in [1.807, 2.05) is 32.9 Å². The summed E-state index contributed by atoms with van der Waals surface area (Å²) in [6.45, 7) is 7.27. The van der Waals surface area contributed by atoms with Crippen molar-refractivity contribution in [1.82, 2.24) is 9.62 Å². The van der Waals surface area contributed by atoms with Crippen molar-refractivity contribution in [2.75, 3.05) is 44.4 Å². The second-order valence-electron chi connectivity index (χ2n) is 10.4. The number of nitrogens with zero attached hydrogens (tertiary/aromatic N) is 2. The molecule has 0 saturated carbocycles. The Bertz CT molecular complexity index is 1340. The smallest absolute Gasteiger partial charge is 0.265 e. The lowest BCUT2D eigenvalue weighted by molar-refractivity contribution is -0.125. The zero-order valence-corrected chi connectivity index (χ0v) is 22.6. The molecule has 2 aromatic rings. The summed E-state index contributed by atoms with van der Waals surface area (Å²) >= 11 is 0. The van der Waals surface area contributed by atoms with Crippen LogP contribution >= 0.6 is 0 Å². The van der Waals surface area contributed by atoms with Crippen LogP contribution in [0.3, 0.4) is 0 Å². The van der Waals surface area contributed by atoms with Gasteiger partial charge in [0.15, 0.2) is 18.1 Å². The summed E-state index contributed by atoms with van der Waals surface area (Å²) in [7, 11) is -3.78. The quantitative estimate of drug-likeness (QED) is 0.596. The van der Waals surface area contributed by atoms with E-state index in [1.165, 1.54) is 21.3 Å². The van der Waals surface area contributed by atoms with E-state index in [1.54, 1.807) is 12.1 Å². The molecule has 3 atom stereocenters. The molecule has 3 aliphatic rings. The van der Waals surface area contributed by atoms with E-state index in [-0.39, 0.29) is 47.5 Å². The minimum atomic E-state index is -3.78. The molecule has 0 bridgehead atoms. The van der Waals surface area contributed by atoms with Crippen molar-refractivity contribution in [2.45, 2.75) is 38.1 Å². The van der Waals surface area contributed by atoms with Gasteiger partial charge in [-0.05, 0) is 61.1 Å². The van der Waals surface area contributed by atoms with Crippen molar-refractivity contribution in [2.24, 2.45) is 11.8 Å². The van der Waals surface area contributed by atoms with Gasteiger partial charge in [-0.3, -0.25) is 14.5 Å². The van der Waals surface area contributed by atoms with E-state index in [9.17, 15) is 18.0 Å². The highest BCUT2D eigenvalue weighted by Gasteiger charge is 2.34. The van der Waals surface area contributed by atoms with Gasteiger partial charge in [0, 0.05) is 13.1 Å². The lowest BCUT2D eigenvalue weighted by Gasteiger charge is -2.34. The minimum absolute atomic E-state index is 0.0749. The Morgan fingerprint density at radius 1 is 1.00 bits per heavy atom. The highest BCUT2D eigenvalue weighted by Crippen LogP contribution is 2.36. The average molecular weight is 544 g/mol. The van der Waals surface area contributed by atoms with Crippen molar-refractivity contribution < 1.29 is 32.2 Å². The average Bonchev–Trinajstić information content (AvgIpc) is 2.89. The number of ether oxygens (including phenoxy) is 3. The molecule has 5 rings (SSSR count). The first-order chi connectivity index (χ1) is 18.1. The van der Waals surface area contributed by atoms with Crippen LogP contribution in [0.2, 0.25) is 0 Å². The standard InChI is InChI=1S/C27H33N3O7S/c1-17-10-18(2)14-29(13-17)38(33,34)21-5-7-23-22(12-21)30(27(32)16-37-23)15-26(31)28-19(3)20-4-6-24-25(11-20)36-9-8-35-24/h4-7,11-12,17-19H,8-10,13-16H2,1-3H3,(H,28,31)/t17-,18-,19+/m1/s1. The molecule has 0 radical (unpaired) electrons. The largest absolute Gasteiger partial charge is 0.486 e. The van der Waals surface area contributed by atoms with Crippen LogP contribution in [0.1, 0.15) is 38.8 Å². The van der Waals surface area contributed by atoms with Crippen LogP contribution in [-0.2, 0) is 19.6 Å². The molecule has 0 spiro atoms. The van der Waals surface area contributed by atoms with Crippen molar-refractivity contribution in [1.29, 1.82) is 0 Å². The first-order valence-electron chi connectivity index (χ1n) is 12.9. The van der Waals surface area contributed by atoms with Gasteiger partial charge in [0.2, 0.25) is 15.9 Å². The Hall–Kier alpha value is -3.31. The number of anilines is 1. The molecule has 1 saturated heterocycles. The van der Waals surface area contributed by atoms with Gasteiger partial charge < -0.3 is 19.5 Å².